The topological polar surface area (TPSA) is 64.0 Å². The summed E-state index contributed by atoms with van der Waals surface area (Å²) in [5.41, 5.74) is 0.223. The summed E-state index contributed by atoms with van der Waals surface area (Å²) in [6.07, 6.45) is 4.53. The van der Waals surface area contributed by atoms with Crippen molar-refractivity contribution in [2.45, 2.75) is 59.0 Å². The predicted molar refractivity (Wildman–Crippen MR) is 99.7 cm³/mol. The van der Waals surface area contributed by atoms with Crippen molar-refractivity contribution in [1.82, 2.24) is 15.1 Å². The third-order valence-electron chi connectivity index (χ3n) is 5.05. The molecule has 25 heavy (non-hydrogen) atoms. The molecule has 2 atom stereocenters. The number of amides is 1. The highest BCUT2D eigenvalue weighted by molar-refractivity contribution is 6.04. The minimum atomic E-state index is -0.174. The molecule has 5 nitrogen and oxygen atoms in total. The quantitative estimate of drug-likeness (QED) is 0.927. The Morgan fingerprint density at radius 3 is 2.60 bits per heavy atom. The van der Waals surface area contributed by atoms with Gasteiger partial charge in [0.2, 0.25) is 0 Å². The number of rotatable bonds is 4. The Hall–Kier alpha value is -2.17. The molecule has 0 bridgehead atoms. The standard InChI is InChI=1S/C20H27N3O2/c1-13(2)12-23-20(25)16-10-6-5-9-15(16)18(22-23)19(24)21-17-11-7-4-8-14(17)3/h5-6,9-10,13-14,17H,4,7-8,11-12H2,1-3H3,(H,21,24). The van der Waals surface area contributed by atoms with E-state index in [4.69, 9.17) is 0 Å². The number of hydrogen-bond donors (Lipinski definition) is 1. The lowest BCUT2D eigenvalue weighted by Crippen LogP contribution is -2.42. The summed E-state index contributed by atoms with van der Waals surface area (Å²) >= 11 is 0. The van der Waals surface area contributed by atoms with Crippen LogP contribution >= 0.6 is 0 Å². The van der Waals surface area contributed by atoms with E-state index < -0.39 is 0 Å². The van der Waals surface area contributed by atoms with Gasteiger partial charge >= 0.3 is 0 Å². The van der Waals surface area contributed by atoms with Crippen LogP contribution in [0.5, 0.6) is 0 Å². The second-order valence-corrected chi connectivity index (χ2v) is 7.62. The molecule has 1 N–H and O–H groups in total. The second kappa shape index (κ2) is 7.38. The summed E-state index contributed by atoms with van der Waals surface area (Å²) in [6.45, 7) is 6.76. The van der Waals surface area contributed by atoms with E-state index in [0.717, 1.165) is 19.3 Å². The van der Waals surface area contributed by atoms with Gasteiger partial charge in [0.25, 0.3) is 11.5 Å². The van der Waals surface area contributed by atoms with Crippen molar-refractivity contribution < 1.29 is 4.79 Å². The molecule has 0 radical (unpaired) electrons. The van der Waals surface area contributed by atoms with Crippen LogP contribution in [0.4, 0.5) is 0 Å². The van der Waals surface area contributed by atoms with Gasteiger partial charge in [-0.3, -0.25) is 9.59 Å². The van der Waals surface area contributed by atoms with Crippen molar-refractivity contribution >= 4 is 16.7 Å². The minimum absolute atomic E-state index is 0.133. The number of nitrogens with zero attached hydrogens (tertiary/aromatic N) is 2. The Bertz CT molecular complexity index is 825. The fourth-order valence-corrected chi connectivity index (χ4v) is 3.64. The van der Waals surface area contributed by atoms with Gasteiger partial charge in [0, 0.05) is 18.0 Å². The maximum Gasteiger partial charge on any atom is 0.274 e. The van der Waals surface area contributed by atoms with Crippen molar-refractivity contribution in [3.8, 4) is 0 Å². The fourth-order valence-electron chi connectivity index (χ4n) is 3.64. The number of nitrogens with one attached hydrogen (secondary N) is 1. The highest BCUT2D eigenvalue weighted by atomic mass is 16.2. The van der Waals surface area contributed by atoms with Gasteiger partial charge in [-0.05, 0) is 30.7 Å². The van der Waals surface area contributed by atoms with Crippen LogP contribution in [0.15, 0.2) is 29.1 Å². The van der Waals surface area contributed by atoms with Crippen LogP contribution in [0.2, 0.25) is 0 Å². The number of carbonyl (C=O) groups is 1. The summed E-state index contributed by atoms with van der Waals surface area (Å²) in [6, 6.07) is 7.44. The first kappa shape index (κ1) is 17.6. The average molecular weight is 341 g/mol. The van der Waals surface area contributed by atoms with Crippen LogP contribution in [-0.2, 0) is 6.54 Å². The molecular weight excluding hydrogens is 314 g/mol. The van der Waals surface area contributed by atoms with Crippen LogP contribution < -0.4 is 10.9 Å². The highest BCUT2D eigenvalue weighted by Crippen LogP contribution is 2.24. The number of benzene rings is 1. The van der Waals surface area contributed by atoms with Crippen LogP contribution in [0, 0.1) is 11.8 Å². The van der Waals surface area contributed by atoms with Gasteiger partial charge in [-0.1, -0.05) is 51.8 Å². The van der Waals surface area contributed by atoms with Gasteiger partial charge in [-0.15, -0.1) is 0 Å². The van der Waals surface area contributed by atoms with Gasteiger partial charge < -0.3 is 5.32 Å². The average Bonchev–Trinajstić information content (AvgIpc) is 2.59. The van der Waals surface area contributed by atoms with E-state index in [9.17, 15) is 9.59 Å². The second-order valence-electron chi connectivity index (χ2n) is 7.62. The number of fused-ring (bicyclic) bond motifs is 1. The molecule has 134 valence electrons. The number of aromatic nitrogens is 2. The Balaban J connectivity index is 2.00. The smallest absolute Gasteiger partial charge is 0.274 e. The van der Waals surface area contributed by atoms with E-state index in [1.54, 1.807) is 6.07 Å². The van der Waals surface area contributed by atoms with Gasteiger partial charge in [0.15, 0.2) is 5.69 Å². The minimum Gasteiger partial charge on any atom is -0.348 e. The zero-order chi connectivity index (χ0) is 18.0. The zero-order valence-corrected chi connectivity index (χ0v) is 15.3. The van der Waals surface area contributed by atoms with E-state index in [1.165, 1.54) is 11.1 Å². The van der Waals surface area contributed by atoms with Crippen LogP contribution in [-0.4, -0.2) is 21.7 Å². The molecule has 1 amide bonds. The predicted octanol–water partition coefficient (Wildman–Crippen LogP) is 3.36. The van der Waals surface area contributed by atoms with Crippen molar-refractivity contribution in [2.75, 3.05) is 0 Å². The van der Waals surface area contributed by atoms with Crippen molar-refractivity contribution in [1.29, 1.82) is 0 Å². The molecule has 2 aromatic rings. The third kappa shape index (κ3) is 3.75. The zero-order valence-electron chi connectivity index (χ0n) is 15.3. The molecular formula is C20H27N3O2. The molecule has 5 heteroatoms. The molecule has 1 fully saturated rings. The fraction of sp³-hybridized carbons (Fsp3) is 0.550. The largest absolute Gasteiger partial charge is 0.348 e. The maximum absolute atomic E-state index is 12.9. The van der Waals surface area contributed by atoms with E-state index in [1.807, 2.05) is 32.0 Å². The SMILES string of the molecule is CC(C)Cn1nc(C(=O)NC2CCCCC2C)c2ccccc2c1=O. The molecule has 1 aromatic heterocycles. The summed E-state index contributed by atoms with van der Waals surface area (Å²) in [7, 11) is 0. The molecule has 1 aliphatic rings. The number of hydrogen-bond acceptors (Lipinski definition) is 3. The molecule has 1 aliphatic carbocycles. The molecule has 3 rings (SSSR count). The Morgan fingerprint density at radius 1 is 1.24 bits per heavy atom. The number of carbonyl (C=O) groups excluding carboxylic acids is 1. The van der Waals surface area contributed by atoms with E-state index >= 15 is 0 Å². The first-order valence-corrected chi connectivity index (χ1v) is 9.28. The lowest BCUT2D eigenvalue weighted by molar-refractivity contribution is 0.0904. The van der Waals surface area contributed by atoms with Crippen molar-refractivity contribution in [3.05, 3.63) is 40.3 Å². The molecule has 2 unspecified atom stereocenters. The summed E-state index contributed by atoms with van der Waals surface area (Å²) in [4.78, 5) is 25.6. The lowest BCUT2D eigenvalue weighted by Gasteiger charge is -2.29. The molecule has 1 saturated carbocycles. The van der Waals surface area contributed by atoms with Crippen LogP contribution in [0.1, 0.15) is 56.9 Å². The Kier molecular flexibility index (Phi) is 5.21. The molecule has 0 aliphatic heterocycles. The van der Waals surface area contributed by atoms with Crippen LogP contribution in [0.3, 0.4) is 0 Å². The maximum atomic E-state index is 12.9. The van der Waals surface area contributed by atoms with Crippen molar-refractivity contribution in [3.63, 3.8) is 0 Å². The Labute approximate surface area is 148 Å². The first-order chi connectivity index (χ1) is 12.0. The van der Waals surface area contributed by atoms with Gasteiger partial charge in [-0.25, -0.2) is 4.68 Å². The van der Waals surface area contributed by atoms with Gasteiger partial charge in [-0.2, -0.15) is 5.10 Å². The monoisotopic (exact) mass is 341 g/mol. The molecule has 1 heterocycles. The first-order valence-electron chi connectivity index (χ1n) is 9.28. The summed E-state index contributed by atoms with van der Waals surface area (Å²) in [5.74, 6) is 0.582. The molecule has 0 spiro atoms. The third-order valence-corrected chi connectivity index (χ3v) is 5.05. The van der Waals surface area contributed by atoms with E-state index in [0.29, 0.717) is 28.9 Å². The highest BCUT2D eigenvalue weighted by Gasteiger charge is 2.25. The summed E-state index contributed by atoms with van der Waals surface area (Å²) < 4.78 is 1.44. The summed E-state index contributed by atoms with van der Waals surface area (Å²) in [5, 5.41) is 8.77. The van der Waals surface area contributed by atoms with E-state index in [-0.39, 0.29) is 23.4 Å². The van der Waals surface area contributed by atoms with E-state index in [2.05, 4.69) is 17.3 Å². The normalized spacial score (nSPS) is 20.8. The lowest BCUT2D eigenvalue weighted by atomic mass is 9.86. The van der Waals surface area contributed by atoms with Crippen molar-refractivity contribution in [2.24, 2.45) is 11.8 Å². The van der Waals surface area contributed by atoms with Crippen LogP contribution in [0.25, 0.3) is 10.8 Å². The van der Waals surface area contributed by atoms with Gasteiger partial charge in [0.05, 0.1) is 5.39 Å². The molecule has 1 aromatic carbocycles. The Morgan fingerprint density at radius 2 is 1.92 bits per heavy atom. The van der Waals surface area contributed by atoms with Gasteiger partial charge in [0.1, 0.15) is 0 Å². The molecule has 0 saturated heterocycles.